The van der Waals surface area contributed by atoms with Gasteiger partial charge in [0.15, 0.2) is 0 Å². The molecular formula is C13H25N3O3. The van der Waals surface area contributed by atoms with Gasteiger partial charge in [-0.25, -0.2) is 0 Å². The van der Waals surface area contributed by atoms with E-state index in [2.05, 4.69) is 5.32 Å². The number of carbonyl (C=O) groups is 2. The van der Waals surface area contributed by atoms with Gasteiger partial charge in [0.1, 0.15) is 0 Å². The highest BCUT2D eigenvalue weighted by Crippen LogP contribution is 2.28. The SMILES string of the molecule is NCCC[C@H](N)C(=O)NC[C@H]1CC[C@H](C(=O)O)CC1. The third-order valence-corrected chi connectivity index (χ3v) is 3.82. The molecule has 19 heavy (non-hydrogen) atoms. The lowest BCUT2D eigenvalue weighted by Gasteiger charge is -2.26. The topological polar surface area (TPSA) is 118 Å². The number of amides is 1. The quantitative estimate of drug-likeness (QED) is 0.522. The van der Waals surface area contributed by atoms with Crippen LogP contribution < -0.4 is 16.8 Å². The van der Waals surface area contributed by atoms with E-state index in [1.807, 2.05) is 0 Å². The van der Waals surface area contributed by atoms with E-state index in [0.29, 0.717) is 38.3 Å². The van der Waals surface area contributed by atoms with Crippen molar-refractivity contribution in [3.63, 3.8) is 0 Å². The van der Waals surface area contributed by atoms with Crippen molar-refractivity contribution in [2.45, 2.75) is 44.6 Å². The summed E-state index contributed by atoms with van der Waals surface area (Å²) in [5.74, 6) is -0.667. The predicted octanol–water partition coefficient (Wildman–Crippen LogP) is 0.0598. The Hall–Kier alpha value is -1.14. The Bertz CT molecular complexity index is 302. The van der Waals surface area contributed by atoms with Gasteiger partial charge in [-0.05, 0) is 51.0 Å². The summed E-state index contributed by atoms with van der Waals surface area (Å²) in [4.78, 5) is 22.5. The molecule has 1 aliphatic rings. The molecule has 0 saturated heterocycles. The number of aliphatic carboxylic acids is 1. The third kappa shape index (κ3) is 5.57. The highest BCUT2D eigenvalue weighted by Gasteiger charge is 2.26. The minimum absolute atomic E-state index is 0.131. The Morgan fingerprint density at radius 3 is 2.42 bits per heavy atom. The Morgan fingerprint density at radius 1 is 1.26 bits per heavy atom. The molecule has 1 atom stereocenters. The average molecular weight is 271 g/mol. The Labute approximate surface area is 113 Å². The maximum atomic E-state index is 11.7. The van der Waals surface area contributed by atoms with Crippen LogP contribution in [0, 0.1) is 11.8 Å². The molecule has 0 spiro atoms. The Balaban J connectivity index is 2.19. The summed E-state index contributed by atoms with van der Waals surface area (Å²) < 4.78 is 0. The molecule has 6 nitrogen and oxygen atoms in total. The van der Waals surface area contributed by atoms with E-state index < -0.39 is 12.0 Å². The molecule has 0 aliphatic heterocycles. The summed E-state index contributed by atoms with van der Waals surface area (Å²) >= 11 is 0. The van der Waals surface area contributed by atoms with E-state index >= 15 is 0 Å². The second kappa shape index (κ2) is 8.12. The molecule has 0 heterocycles. The molecule has 6 N–H and O–H groups in total. The predicted molar refractivity (Wildman–Crippen MR) is 72.4 cm³/mol. The van der Waals surface area contributed by atoms with Gasteiger partial charge < -0.3 is 21.9 Å². The number of hydrogen-bond donors (Lipinski definition) is 4. The fourth-order valence-corrected chi connectivity index (χ4v) is 2.46. The van der Waals surface area contributed by atoms with Gasteiger partial charge in [-0.1, -0.05) is 0 Å². The minimum atomic E-state index is -0.703. The molecule has 6 heteroatoms. The van der Waals surface area contributed by atoms with Gasteiger partial charge in [0.05, 0.1) is 12.0 Å². The van der Waals surface area contributed by atoms with Gasteiger partial charge in [-0.2, -0.15) is 0 Å². The summed E-state index contributed by atoms with van der Waals surface area (Å²) in [5, 5.41) is 11.8. The van der Waals surface area contributed by atoms with E-state index in [1.54, 1.807) is 0 Å². The van der Waals surface area contributed by atoms with Crippen LogP contribution in [0.25, 0.3) is 0 Å². The van der Waals surface area contributed by atoms with E-state index in [-0.39, 0.29) is 11.8 Å². The van der Waals surface area contributed by atoms with Crippen molar-refractivity contribution >= 4 is 11.9 Å². The van der Waals surface area contributed by atoms with Crippen molar-refractivity contribution in [3.8, 4) is 0 Å². The van der Waals surface area contributed by atoms with Gasteiger partial charge in [0.2, 0.25) is 5.91 Å². The fraction of sp³-hybridized carbons (Fsp3) is 0.846. The van der Waals surface area contributed by atoms with Crippen molar-refractivity contribution in [3.05, 3.63) is 0 Å². The van der Waals surface area contributed by atoms with E-state index in [0.717, 1.165) is 19.3 Å². The molecule has 1 saturated carbocycles. The second-order valence-electron chi connectivity index (χ2n) is 5.34. The van der Waals surface area contributed by atoms with E-state index in [4.69, 9.17) is 16.6 Å². The highest BCUT2D eigenvalue weighted by atomic mass is 16.4. The smallest absolute Gasteiger partial charge is 0.306 e. The molecule has 1 rings (SSSR count). The van der Waals surface area contributed by atoms with Crippen LogP contribution in [0.15, 0.2) is 0 Å². The minimum Gasteiger partial charge on any atom is -0.481 e. The zero-order valence-electron chi connectivity index (χ0n) is 11.3. The van der Waals surface area contributed by atoms with Crippen LogP contribution >= 0.6 is 0 Å². The summed E-state index contributed by atoms with van der Waals surface area (Å²) in [5.41, 5.74) is 11.1. The molecule has 0 unspecified atom stereocenters. The van der Waals surface area contributed by atoms with Crippen molar-refractivity contribution in [2.24, 2.45) is 23.3 Å². The van der Waals surface area contributed by atoms with Gasteiger partial charge in [-0.3, -0.25) is 9.59 Å². The number of hydrogen-bond acceptors (Lipinski definition) is 4. The molecule has 0 aromatic heterocycles. The lowest BCUT2D eigenvalue weighted by molar-refractivity contribution is -0.143. The standard InChI is InChI=1S/C13H25N3O3/c14-7-1-2-11(15)12(17)16-8-9-3-5-10(6-4-9)13(18)19/h9-11H,1-8,14-15H2,(H,16,17)(H,18,19)/t9-,10-,11-/m0/s1. The van der Waals surface area contributed by atoms with Crippen LogP contribution in [0.2, 0.25) is 0 Å². The van der Waals surface area contributed by atoms with E-state index in [1.165, 1.54) is 0 Å². The van der Waals surface area contributed by atoms with Gasteiger partial charge in [0, 0.05) is 6.54 Å². The number of carbonyl (C=O) groups excluding carboxylic acids is 1. The lowest BCUT2D eigenvalue weighted by Crippen LogP contribution is -2.43. The first-order chi connectivity index (χ1) is 9.04. The fourth-order valence-electron chi connectivity index (χ4n) is 2.46. The van der Waals surface area contributed by atoms with Crippen LogP contribution in [0.3, 0.4) is 0 Å². The van der Waals surface area contributed by atoms with Gasteiger partial charge in [-0.15, -0.1) is 0 Å². The Morgan fingerprint density at radius 2 is 1.89 bits per heavy atom. The number of nitrogens with two attached hydrogens (primary N) is 2. The largest absolute Gasteiger partial charge is 0.481 e. The molecule has 110 valence electrons. The molecule has 1 fully saturated rings. The second-order valence-corrected chi connectivity index (χ2v) is 5.34. The molecule has 0 bridgehead atoms. The van der Waals surface area contributed by atoms with Gasteiger partial charge in [0.25, 0.3) is 0 Å². The summed E-state index contributed by atoms with van der Waals surface area (Å²) in [6, 6.07) is -0.487. The number of carboxylic acid groups (broad SMARTS) is 1. The maximum Gasteiger partial charge on any atom is 0.306 e. The lowest BCUT2D eigenvalue weighted by atomic mass is 9.82. The highest BCUT2D eigenvalue weighted by molar-refractivity contribution is 5.81. The third-order valence-electron chi connectivity index (χ3n) is 3.82. The summed E-state index contributed by atoms with van der Waals surface area (Å²) in [6.45, 7) is 1.14. The molecule has 1 aliphatic carbocycles. The van der Waals surface area contributed by atoms with Crippen molar-refractivity contribution < 1.29 is 14.7 Å². The monoisotopic (exact) mass is 271 g/mol. The number of rotatable bonds is 7. The van der Waals surface area contributed by atoms with Crippen molar-refractivity contribution in [1.82, 2.24) is 5.32 Å². The van der Waals surface area contributed by atoms with Crippen LogP contribution in [0.4, 0.5) is 0 Å². The summed E-state index contributed by atoms with van der Waals surface area (Å²) in [7, 11) is 0. The summed E-state index contributed by atoms with van der Waals surface area (Å²) in [6.07, 6.45) is 4.47. The molecule has 1 amide bonds. The molecule has 0 aromatic rings. The van der Waals surface area contributed by atoms with E-state index in [9.17, 15) is 9.59 Å². The number of carboxylic acids is 1. The zero-order chi connectivity index (χ0) is 14.3. The average Bonchev–Trinajstić information content (AvgIpc) is 2.42. The van der Waals surface area contributed by atoms with Crippen LogP contribution in [-0.4, -0.2) is 36.1 Å². The molecule has 0 radical (unpaired) electrons. The Kier molecular flexibility index (Phi) is 6.80. The first-order valence-corrected chi connectivity index (χ1v) is 7.00. The first kappa shape index (κ1) is 15.9. The first-order valence-electron chi connectivity index (χ1n) is 7.00. The molecular weight excluding hydrogens is 246 g/mol. The normalized spacial score (nSPS) is 24.7. The van der Waals surface area contributed by atoms with Gasteiger partial charge >= 0.3 is 5.97 Å². The van der Waals surface area contributed by atoms with Crippen LogP contribution in [0.1, 0.15) is 38.5 Å². The van der Waals surface area contributed by atoms with Crippen molar-refractivity contribution in [2.75, 3.05) is 13.1 Å². The van der Waals surface area contributed by atoms with Crippen molar-refractivity contribution in [1.29, 1.82) is 0 Å². The number of nitrogens with one attached hydrogen (secondary N) is 1. The van der Waals surface area contributed by atoms with Crippen LogP contribution in [-0.2, 0) is 9.59 Å². The van der Waals surface area contributed by atoms with Crippen LogP contribution in [0.5, 0.6) is 0 Å². The molecule has 0 aromatic carbocycles. The maximum absolute atomic E-state index is 11.7. The zero-order valence-corrected chi connectivity index (χ0v) is 11.3.